The van der Waals surface area contributed by atoms with Gasteiger partial charge in [-0.1, -0.05) is 0 Å². The van der Waals surface area contributed by atoms with Crippen molar-refractivity contribution in [3.63, 3.8) is 0 Å². The summed E-state index contributed by atoms with van der Waals surface area (Å²) in [4.78, 5) is 0. The zero-order valence-electron chi connectivity index (χ0n) is 4.77. The Morgan fingerprint density at radius 1 is 1.56 bits per heavy atom. The maximum absolute atomic E-state index is 11.9. The van der Waals surface area contributed by atoms with E-state index in [2.05, 4.69) is 5.73 Å². The quantitative estimate of drug-likeness (QED) is 0.595. The van der Waals surface area contributed by atoms with Crippen LogP contribution in [0.3, 0.4) is 0 Å². The minimum Gasteiger partial charge on any atom is -0.324 e. The summed E-state index contributed by atoms with van der Waals surface area (Å²) in [5.74, 6) is 0. The Kier molecular flexibility index (Phi) is 2.13. The van der Waals surface area contributed by atoms with Crippen LogP contribution >= 0.6 is 0 Å². The minimum atomic E-state index is -4.31. The van der Waals surface area contributed by atoms with E-state index in [1.165, 1.54) is 0 Å². The standard InChI is InChI=1S/C3H7F2NO2S/c1-9(7,8)3(4,5)2-6/h2,6H2,1H3. The Hall–Kier alpha value is -0.230. The molecule has 56 valence electrons. The molecule has 6 heteroatoms. The van der Waals surface area contributed by atoms with Crippen molar-refractivity contribution in [3.05, 3.63) is 0 Å². The first-order chi connectivity index (χ1) is 3.81. The Morgan fingerprint density at radius 2 is 1.89 bits per heavy atom. The molecule has 0 aromatic heterocycles. The van der Waals surface area contributed by atoms with Gasteiger partial charge in [0.1, 0.15) is 0 Å². The van der Waals surface area contributed by atoms with Crippen molar-refractivity contribution in [2.45, 2.75) is 5.25 Å². The van der Waals surface area contributed by atoms with Crippen LogP contribution in [0.2, 0.25) is 0 Å². The Morgan fingerprint density at radius 3 is 1.89 bits per heavy atom. The van der Waals surface area contributed by atoms with Gasteiger partial charge in [-0.05, 0) is 0 Å². The van der Waals surface area contributed by atoms with Crippen LogP contribution in [0.1, 0.15) is 0 Å². The molecule has 0 saturated carbocycles. The highest BCUT2D eigenvalue weighted by Crippen LogP contribution is 2.17. The molecule has 2 N–H and O–H groups in total. The van der Waals surface area contributed by atoms with Gasteiger partial charge in [0.25, 0.3) is 0 Å². The SMILES string of the molecule is CS(=O)(=O)C(F)(F)CN. The third-order valence-corrected chi connectivity index (χ3v) is 2.03. The van der Waals surface area contributed by atoms with Gasteiger partial charge in [-0.3, -0.25) is 0 Å². The fourth-order valence-corrected chi connectivity index (χ4v) is 0.454. The lowest BCUT2D eigenvalue weighted by atomic mass is 10.7. The van der Waals surface area contributed by atoms with Crippen molar-refractivity contribution in [3.8, 4) is 0 Å². The monoisotopic (exact) mass is 159 g/mol. The highest BCUT2D eigenvalue weighted by Gasteiger charge is 2.39. The average molecular weight is 159 g/mol. The van der Waals surface area contributed by atoms with Crippen molar-refractivity contribution in [1.82, 2.24) is 0 Å². The highest BCUT2D eigenvalue weighted by molar-refractivity contribution is 7.91. The molecular weight excluding hydrogens is 152 g/mol. The van der Waals surface area contributed by atoms with Gasteiger partial charge in [-0.25, -0.2) is 8.42 Å². The molecule has 0 atom stereocenters. The zero-order chi connectivity index (χ0) is 7.71. The number of nitrogens with two attached hydrogens (primary N) is 1. The molecule has 0 aliphatic rings. The smallest absolute Gasteiger partial charge is 0.324 e. The van der Waals surface area contributed by atoms with Crippen LogP contribution in [0.25, 0.3) is 0 Å². The van der Waals surface area contributed by atoms with Crippen molar-refractivity contribution in [2.24, 2.45) is 5.73 Å². The lowest BCUT2D eigenvalue weighted by Gasteiger charge is -2.09. The largest absolute Gasteiger partial charge is 0.357 e. The van der Waals surface area contributed by atoms with E-state index in [0.717, 1.165) is 0 Å². The number of hydrogen-bond acceptors (Lipinski definition) is 3. The lowest BCUT2D eigenvalue weighted by Crippen LogP contribution is -2.35. The summed E-state index contributed by atoms with van der Waals surface area (Å²) in [6.45, 7) is -1.16. The number of sulfone groups is 1. The molecule has 0 bridgehead atoms. The fraction of sp³-hybridized carbons (Fsp3) is 1.00. The zero-order valence-corrected chi connectivity index (χ0v) is 5.58. The lowest BCUT2D eigenvalue weighted by molar-refractivity contribution is 0.103. The topological polar surface area (TPSA) is 60.2 Å². The van der Waals surface area contributed by atoms with Crippen LogP contribution in [-0.4, -0.2) is 26.5 Å². The molecule has 3 nitrogen and oxygen atoms in total. The van der Waals surface area contributed by atoms with Gasteiger partial charge in [-0.15, -0.1) is 0 Å². The van der Waals surface area contributed by atoms with Crippen molar-refractivity contribution < 1.29 is 17.2 Å². The molecule has 0 unspecified atom stereocenters. The molecule has 0 heterocycles. The minimum absolute atomic E-state index is 0.444. The molecule has 0 radical (unpaired) electrons. The first-order valence-electron chi connectivity index (χ1n) is 2.09. The van der Waals surface area contributed by atoms with Crippen LogP contribution < -0.4 is 5.73 Å². The molecule has 0 rings (SSSR count). The summed E-state index contributed by atoms with van der Waals surface area (Å²) in [7, 11) is -4.31. The second-order valence-electron chi connectivity index (χ2n) is 1.61. The van der Waals surface area contributed by atoms with Crippen LogP contribution in [-0.2, 0) is 9.84 Å². The molecule has 0 amide bonds. The van der Waals surface area contributed by atoms with Crippen LogP contribution in [0, 0.1) is 0 Å². The van der Waals surface area contributed by atoms with E-state index in [0.29, 0.717) is 6.26 Å². The number of halogens is 2. The molecule has 0 aliphatic carbocycles. The van der Waals surface area contributed by atoms with Gasteiger partial charge < -0.3 is 5.73 Å². The summed E-state index contributed by atoms with van der Waals surface area (Å²) < 4.78 is 44.0. The number of rotatable bonds is 2. The second-order valence-corrected chi connectivity index (χ2v) is 3.76. The van der Waals surface area contributed by atoms with Gasteiger partial charge >= 0.3 is 5.25 Å². The average Bonchev–Trinajstić information content (AvgIpc) is 1.64. The van der Waals surface area contributed by atoms with E-state index in [4.69, 9.17) is 0 Å². The summed E-state index contributed by atoms with van der Waals surface area (Å²) in [5.41, 5.74) is 4.46. The van der Waals surface area contributed by atoms with Crippen molar-refractivity contribution in [2.75, 3.05) is 12.8 Å². The van der Waals surface area contributed by atoms with Crippen molar-refractivity contribution >= 4 is 9.84 Å². The molecular formula is C3H7F2NO2S. The van der Waals surface area contributed by atoms with Gasteiger partial charge in [0.05, 0.1) is 6.54 Å². The molecule has 0 spiro atoms. The second kappa shape index (κ2) is 2.18. The highest BCUT2D eigenvalue weighted by atomic mass is 32.2. The molecule has 0 aromatic rings. The van der Waals surface area contributed by atoms with E-state index < -0.39 is 21.6 Å². The van der Waals surface area contributed by atoms with Gasteiger partial charge in [0.2, 0.25) is 9.84 Å². The first-order valence-corrected chi connectivity index (χ1v) is 3.98. The predicted octanol–water partition coefficient (Wildman–Crippen LogP) is -0.417. The molecule has 0 fully saturated rings. The van der Waals surface area contributed by atoms with E-state index in [1.807, 2.05) is 0 Å². The Balaban J connectivity index is 4.56. The first kappa shape index (κ1) is 8.77. The Labute approximate surface area is 51.8 Å². The summed E-state index contributed by atoms with van der Waals surface area (Å²) in [6.07, 6.45) is 0.444. The number of alkyl halides is 2. The Bertz CT molecular complexity index is 186. The fourth-order valence-electron chi connectivity index (χ4n) is 0.151. The third-order valence-electron chi connectivity index (χ3n) is 0.780. The van der Waals surface area contributed by atoms with Gasteiger partial charge in [0, 0.05) is 6.26 Å². The van der Waals surface area contributed by atoms with E-state index in [9.17, 15) is 17.2 Å². The molecule has 0 saturated heterocycles. The van der Waals surface area contributed by atoms with Crippen LogP contribution in [0.15, 0.2) is 0 Å². The summed E-state index contributed by atoms with van der Waals surface area (Å²) in [5, 5.41) is -3.77. The summed E-state index contributed by atoms with van der Waals surface area (Å²) >= 11 is 0. The third kappa shape index (κ3) is 1.87. The van der Waals surface area contributed by atoms with Crippen LogP contribution in [0.5, 0.6) is 0 Å². The molecule has 9 heavy (non-hydrogen) atoms. The van der Waals surface area contributed by atoms with Gasteiger partial charge in [-0.2, -0.15) is 8.78 Å². The van der Waals surface area contributed by atoms with Gasteiger partial charge in [0.15, 0.2) is 0 Å². The maximum Gasteiger partial charge on any atom is 0.357 e. The van der Waals surface area contributed by atoms with E-state index >= 15 is 0 Å². The summed E-state index contributed by atoms with van der Waals surface area (Å²) in [6, 6.07) is 0. The van der Waals surface area contributed by atoms with Crippen molar-refractivity contribution in [1.29, 1.82) is 0 Å². The van der Waals surface area contributed by atoms with Crippen LogP contribution in [0.4, 0.5) is 8.78 Å². The maximum atomic E-state index is 11.9. The molecule has 0 aliphatic heterocycles. The number of hydrogen-bond donors (Lipinski definition) is 1. The normalized spacial score (nSPS) is 13.8. The predicted molar refractivity (Wildman–Crippen MR) is 28.8 cm³/mol. The molecule has 0 aromatic carbocycles. The van der Waals surface area contributed by atoms with E-state index in [-0.39, 0.29) is 0 Å². The van der Waals surface area contributed by atoms with E-state index in [1.54, 1.807) is 0 Å².